The number of nitrogens with one attached hydrogen (secondary N) is 1. The van der Waals surface area contributed by atoms with Crippen LogP contribution in [0.25, 0.3) is 0 Å². The minimum Gasteiger partial charge on any atom is -0.352 e. The molecule has 1 heterocycles. The molecule has 3 nitrogen and oxygen atoms in total. The van der Waals surface area contributed by atoms with E-state index in [9.17, 15) is 13.6 Å². The second-order valence-corrected chi connectivity index (χ2v) is 6.59. The Morgan fingerprint density at radius 3 is 2.35 bits per heavy atom. The van der Waals surface area contributed by atoms with Gasteiger partial charge in [0, 0.05) is 28.8 Å². The summed E-state index contributed by atoms with van der Waals surface area (Å²) < 4.78 is 27.1. The molecule has 0 aliphatic carbocycles. The molecule has 0 fully saturated rings. The van der Waals surface area contributed by atoms with Crippen LogP contribution in [-0.4, -0.2) is 17.4 Å². The molecule has 26 heavy (non-hydrogen) atoms. The van der Waals surface area contributed by atoms with Crippen LogP contribution in [0, 0.1) is 11.6 Å². The summed E-state index contributed by atoms with van der Waals surface area (Å²) >= 11 is 1.50. The topological polar surface area (TPSA) is 42.0 Å². The summed E-state index contributed by atoms with van der Waals surface area (Å²) in [5, 5.41) is 3.55. The normalized spacial score (nSPS) is 10.5. The zero-order chi connectivity index (χ0) is 18.4. The molecule has 1 amide bonds. The van der Waals surface area contributed by atoms with E-state index in [0.29, 0.717) is 5.56 Å². The molecule has 0 atom stereocenters. The smallest absolute Gasteiger partial charge is 0.251 e. The van der Waals surface area contributed by atoms with E-state index in [0.717, 1.165) is 9.92 Å². The Hall–Kier alpha value is -2.73. The standard InChI is InChI=1S/C20H16F2N2OS/c21-17-4-3-5-18(22)16(17)11-13-24-20(25)14-7-9-15(10-8-14)26-19-6-1-2-12-23-19/h1-10,12H,11,13H2,(H,24,25). The van der Waals surface area contributed by atoms with E-state index >= 15 is 0 Å². The SMILES string of the molecule is O=C(NCCc1c(F)cccc1F)c1ccc(Sc2ccccn2)cc1. The second-order valence-electron chi connectivity index (χ2n) is 5.50. The molecule has 3 aromatic rings. The van der Waals surface area contributed by atoms with Crippen molar-refractivity contribution in [1.82, 2.24) is 10.3 Å². The number of nitrogens with zero attached hydrogens (tertiary/aromatic N) is 1. The van der Waals surface area contributed by atoms with E-state index in [1.807, 2.05) is 30.3 Å². The fraction of sp³-hybridized carbons (Fsp3) is 0.100. The van der Waals surface area contributed by atoms with Gasteiger partial charge in [-0.3, -0.25) is 4.79 Å². The Morgan fingerprint density at radius 1 is 0.962 bits per heavy atom. The lowest BCUT2D eigenvalue weighted by molar-refractivity contribution is 0.0954. The van der Waals surface area contributed by atoms with Gasteiger partial charge in [-0.2, -0.15) is 0 Å². The lowest BCUT2D eigenvalue weighted by Crippen LogP contribution is -2.26. The quantitative estimate of drug-likeness (QED) is 0.695. The summed E-state index contributed by atoms with van der Waals surface area (Å²) in [7, 11) is 0. The van der Waals surface area contributed by atoms with Gasteiger partial charge >= 0.3 is 0 Å². The predicted octanol–water partition coefficient (Wildman–Crippen LogP) is 4.48. The number of hydrogen-bond acceptors (Lipinski definition) is 3. The first kappa shape index (κ1) is 18.1. The summed E-state index contributed by atoms with van der Waals surface area (Å²) in [5.74, 6) is -1.48. The van der Waals surface area contributed by atoms with Crippen LogP contribution in [0.4, 0.5) is 8.78 Å². The molecule has 0 aliphatic rings. The summed E-state index contributed by atoms with van der Waals surface area (Å²) in [5.41, 5.74) is 0.472. The third-order valence-corrected chi connectivity index (χ3v) is 4.66. The van der Waals surface area contributed by atoms with Crippen LogP contribution in [0.3, 0.4) is 0 Å². The molecule has 0 unspecified atom stereocenters. The Labute approximate surface area is 154 Å². The predicted molar refractivity (Wildman–Crippen MR) is 97.2 cm³/mol. The summed E-state index contributed by atoms with van der Waals surface area (Å²) in [6, 6.07) is 16.5. The largest absolute Gasteiger partial charge is 0.352 e. The zero-order valence-corrected chi connectivity index (χ0v) is 14.6. The average Bonchev–Trinajstić information content (AvgIpc) is 2.65. The van der Waals surface area contributed by atoms with E-state index < -0.39 is 11.6 Å². The molecule has 1 aromatic heterocycles. The van der Waals surface area contributed by atoms with Gasteiger partial charge < -0.3 is 5.32 Å². The van der Waals surface area contributed by atoms with Crippen LogP contribution in [0.15, 0.2) is 76.8 Å². The molecular formula is C20H16F2N2OS. The average molecular weight is 370 g/mol. The highest BCUT2D eigenvalue weighted by atomic mass is 32.2. The lowest BCUT2D eigenvalue weighted by atomic mass is 10.1. The fourth-order valence-corrected chi connectivity index (χ4v) is 3.15. The van der Waals surface area contributed by atoms with Crippen molar-refractivity contribution >= 4 is 17.7 Å². The van der Waals surface area contributed by atoms with Crippen LogP contribution in [0.1, 0.15) is 15.9 Å². The lowest BCUT2D eigenvalue weighted by Gasteiger charge is -2.08. The van der Waals surface area contributed by atoms with E-state index in [1.165, 1.54) is 30.0 Å². The number of carbonyl (C=O) groups is 1. The maximum atomic E-state index is 13.6. The van der Waals surface area contributed by atoms with Gasteiger partial charge in [-0.05, 0) is 55.0 Å². The third-order valence-electron chi connectivity index (χ3n) is 3.70. The summed E-state index contributed by atoms with van der Waals surface area (Å²) in [6.45, 7) is 0.154. The van der Waals surface area contributed by atoms with Crippen molar-refractivity contribution in [3.63, 3.8) is 0 Å². The van der Waals surface area contributed by atoms with Crippen LogP contribution < -0.4 is 5.32 Å². The summed E-state index contributed by atoms with van der Waals surface area (Å²) in [6.07, 6.45) is 1.82. The molecule has 0 aliphatic heterocycles. The van der Waals surface area contributed by atoms with Crippen LogP contribution in [-0.2, 0) is 6.42 Å². The molecule has 0 saturated carbocycles. The molecule has 132 valence electrons. The number of benzene rings is 2. The van der Waals surface area contributed by atoms with Crippen molar-refractivity contribution in [2.75, 3.05) is 6.54 Å². The van der Waals surface area contributed by atoms with E-state index in [-0.39, 0.29) is 24.4 Å². The Kier molecular flexibility index (Phi) is 5.96. The number of carbonyl (C=O) groups excluding carboxylic acids is 1. The highest BCUT2D eigenvalue weighted by Gasteiger charge is 2.10. The number of amides is 1. The molecule has 3 rings (SSSR count). The highest BCUT2D eigenvalue weighted by molar-refractivity contribution is 7.99. The van der Waals surface area contributed by atoms with Gasteiger partial charge in [-0.1, -0.05) is 23.9 Å². The maximum absolute atomic E-state index is 13.6. The molecule has 0 saturated heterocycles. The minimum absolute atomic E-state index is 0.0186. The second kappa shape index (κ2) is 8.58. The van der Waals surface area contributed by atoms with E-state index in [1.54, 1.807) is 18.3 Å². The van der Waals surface area contributed by atoms with Gasteiger partial charge in [-0.25, -0.2) is 13.8 Å². The third kappa shape index (κ3) is 4.67. The molecule has 2 aromatic carbocycles. The molecular weight excluding hydrogens is 354 g/mol. The monoisotopic (exact) mass is 370 g/mol. The van der Waals surface area contributed by atoms with Crippen molar-refractivity contribution < 1.29 is 13.6 Å². The highest BCUT2D eigenvalue weighted by Crippen LogP contribution is 2.25. The van der Waals surface area contributed by atoms with Gasteiger partial charge in [-0.15, -0.1) is 0 Å². The molecule has 0 spiro atoms. The van der Waals surface area contributed by atoms with Crippen molar-refractivity contribution in [1.29, 1.82) is 0 Å². The van der Waals surface area contributed by atoms with Crippen molar-refractivity contribution in [3.8, 4) is 0 Å². The fourth-order valence-electron chi connectivity index (χ4n) is 2.38. The molecule has 0 bridgehead atoms. The molecule has 6 heteroatoms. The van der Waals surface area contributed by atoms with Gasteiger partial charge in [0.1, 0.15) is 16.7 Å². The Balaban J connectivity index is 1.55. The number of rotatable bonds is 6. The number of pyridine rings is 1. The van der Waals surface area contributed by atoms with Gasteiger partial charge in [0.15, 0.2) is 0 Å². The van der Waals surface area contributed by atoms with Crippen molar-refractivity contribution in [3.05, 3.63) is 89.6 Å². The first-order valence-corrected chi connectivity index (χ1v) is 8.85. The first-order chi connectivity index (χ1) is 12.6. The van der Waals surface area contributed by atoms with E-state index in [2.05, 4.69) is 10.3 Å². The van der Waals surface area contributed by atoms with Gasteiger partial charge in [0.25, 0.3) is 5.91 Å². The number of halogens is 2. The van der Waals surface area contributed by atoms with Crippen molar-refractivity contribution in [2.45, 2.75) is 16.3 Å². The Morgan fingerprint density at radius 2 is 1.69 bits per heavy atom. The minimum atomic E-state index is -0.602. The number of hydrogen-bond donors (Lipinski definition) is 1. The zero-order valence-electron chi connectivity index (χ0n) is 13.8. The maximum Gasteiger partial charge on any atom is 0.251 e. The van der Waals surface area contributed by atoms with Crippen LogP contribution in [0.2, 0.25) is 0 Å². The molecule has 1 N–H and O–H groups in total. The first-order valence-electron chi connectivity index (χ1n) is 8.03. The van der Waals surface area contributed by atoms with E-state index in [4.69, 9.17) is 0 Å². The summed E-state index contributed by atoms with van der Waals surface area (Å²) in [4.78, 5) is 17.4. The number of aromatic nitrogens is 1. The van der Waals surface area contributed by atoms with Crippen LogP contribution >= 0.6 is 11.8 Å². The van der Waals surface area contributed by atoms with Crippen molar-refractivity contribution in [2.24, 2.45) is 0 Å². The van der Waals surface area contributed by atoms with Crippen LogP contribution in [0.5, 0.6) is 0 Å². The van der Waals surface area contributed by atoms with Gasteiger partial charge in [0.2, 0.25) is 0 Å². The Bertz CT molecular complexity index is 866. The molecule has 0 radical (unpaired) electrons. The van der Waals surface area contributed by atoms with Gasteiger partial charge in [0.05, 0.1) is 0 Å².